The van der Waals surface area contributed by atoms with E-state index in [9.17, 15) is 4.79 Å². The van der Waals surface area contributed by atoms with Crippen molar-refractivity contribution >= 4 is 27.6 Å². The molecule has 30 heavy (non-hydrogen) atoms. The zero-order valence-corrected chi connectivity index (χ0v) is 17.2. The van der Waals surface area contributed by atoms with E-state index in [0.29, 0.717) is 5.69 Å². The zero-order chi connectivity index (χ0) is 19.5. The van der Waals surface area contributed by atoms with E-state index in [2.05, 4.69) is 60.4 Å². The summed E-state index contributed by atoms with van der Waals surface area (Å²) in [5, 5.41) is 2.23. The van der Waals surface area contributed by atoms with E-state index in [-0.39, 0.29) is 18.2 Å². The van der Waals surface area contributed by atoms with Gasteiger partial charge in [0.05, 0.1) is 0 Å². The van der Waals surface area contributed by atoms with Crippen molar-refractivity contribution in [2.45, 2.75) is 13.3 Å². The second-order valence-electron chi connectivity index (χ2n) is 7.61. The molecule has 3 heterocycles. The number of hydrogen-bond acceptors (Lipinski definition) is 1. The minimum Gasteiger partial charge on any atom is -1.00 e. The number of aromatic nitrogens is 2. The molecule has 3 aromatic carbocycles. The van der Waals surface area contributed by atoms with Crippen molar-refractivity contribution in [1.29, 1.82) is 0 Å². The summed E-state index contributed by atoms with van der Waals surface area (Å²) in [6, 6.07) is 25.1. The van der Waals surface area contributed by atoms with Crippen LogP contribution in [0.2, 0.25) is 0 Å². The van der Waals surface area contributed by atoms with Crippen LogP contribution in [-0.4, -0.2) is 10.8 Å². The third-order valence-corrected chi connectivity index (χ3v) is 6.03. The average Bonchev–Trinajstić information content (AvgIpc) is 3.29. The van der Waals surface area contributed by atoms with E-state index in [1.54, 1.807) is 0 Å². The summed E-state index contributed by atoms with van der Waals surface area (Å²) in [7, 11) is 0. The van der Waals surface area contributed by atoms with E-state index >= 15 is 0 Å². The maximum atomic E-state index is 13.1. The number of carbonyl (C=O) groups is 1. The molecule has 1 aliphatic heterocycles. The molecule has 0 unspecified atom stereocenters. The fourth-order valence-electron chi connectivity index (χ4n) is 4.46. The van der Waals surface area contributed by atoms with Crippen molar-refractivity contribution in [3.63, 3.8) is 0 Å². The first-order valence-electron chi connectivity index (χ1n) is 9.98. The molecule has 0 spiro atoms. The van der Waals surface area contributed by atoms with E-state index < -0.39 is 0 Å². The van der Waals surface area contributed by atoms with E-state index in [0.717, 1.165) is 39.5 Å². The summed E-state index contributed by atoms with van der Waals surface area (Å²) in [6.45, 7) is 2.17. The third kappa shape index (κ3) is 2.52. The van der Waals surface area contributed by atoms with Gasteiger partial charge in [-0.15, -0.1) is 0 Å². The number of benzene rings is 3. The van der Waals surface area contributed by atoms with Crippen LogP contribution in [0.5, 0.6) is 0 Å². The molecule has 2 aromatic heterocycles. The average molecular weight is 411 g/mol. The number of carbonyl (C=O) groups excluding carboxylic acids is 1. The highest BCUT2D eigenvalue weighted by Gasteiger charge is 2.37. The molecule has 0 bridgehead atoms. The van der Waals surface area contributed by atoms with Crippen LogP contribution in [0.4, 0.5) is 0 Å². The van der Waals surface area contributed by atoms with Gasteiger partial charge < -0.3 is 17.4 Å². The molecule has 1 N–H and O–H groups in total. The number of pyridine rings is 1. The van der Waals surface area contributed by atoms with Crippen LogP contribution in [-0.2, 0) is 6.42 Å². The molecule has 0 saturated heterocycles. The lowest BCUT2D eigenvalue weighted by Crippen LogP contribution is -3.00. The van der Waals surface area contributed by atoms with Gasteiger partial charge in [0.2, 0.25) is 5.69 Å². The fourth-order valence-corrected chi connectivity index (χ4v) is 4.46. The van der Waals surface area contributed by atoms with Crippen LogP contribution in [0.25, 0.3) is 38.6 Å². The van der Waals surface area contributed by atoms with Gasteiger partial charge in [0.25, 0.3) is 11.5 Å². The number of H-pyrrole nitrogens is 1. The first kappa shape index (κ1) is 18.6. The molecule has 5 aromatic rings. The van der Waals surface area contributed by atoms with Crippen LogP contribution < -0.4 is 17.0 Å². The lowest BCUT2D eigenvalue weighted by molar-refractivity contribution is -0.592. The summed E-state index contributed by atoms with van der Waals surface area (Å²) in [4.78, 5) is 16.6. The monoisotopic (exact) mass is 410 g/mol. The Morgan fingerprint density at radius 3 is 2.43 bits per heavy atom. The molecule has 0 amide bonds. The Hall–Kier alpha value is -3.43. The van der Waals surface area contributed by atoms with Crippen LogP contribution in [0.1, 0.15) is 28.5 Å². The summed E-state index contributed by atoms with van der Waals surface area (Å²) in [6.07, 6.45) is 3.05. The quantitative estimate of drug-likeness (QED) is 0.437. The first-order valence-corrected chi connectivity index (χ1v) is 9.98. The second kappa shape index (κ2) is 6.82. The predicted molar refractivity (Wildman–Crippen MR) is 116 cm³/mol. The number of rotatable bonds is 2. The smallest absolute Gasteiger partial charge is 0.284 e. The number of halogens is 1. The van der Waals surface area contributed by atoms with Crippen LogP contribution in [0.3, 0.4) is 0 Å². The lowest BCUT2D eigenvalue weighted by Gasteiger charge is -2.04. The molecule has 1 aliphatic rings. The number of hydrogen-bond donors (Lipinski definition) is 1. The minimum atomic E-state index is 0. The van der Waals surface area contributed by atoms with Gasteiger partial charge >= 0.3 is 0 Å². The molecular formula is C26H19ClN2O. The number of aromatic amines is 1. The van der Waals surface area contributed by atoms with Gasteiger partial charge in [-0.25, -0.2) is 0 Å². The van der Waals surface area contributed by atoms with E-state index in [1.165, 1.54) is 16.7 Å². The van der Waals surface area contributed by atoms with Crippen molar-refractivity contribution in [3.05, 3.63) is 95.8 Å². The maximum absolute atomic E-state index is 13.1. The van der Waals surface area contributed by atoms with Gasteiger partial charge in [-0.05, 0) is 41.3 Å². The van der Waals surface area contributed by atoms with E-state index in [1.807, 2.05) is 35.0 Å². The molecule has 4 heteroatoms. The molecule has 0 saturated carbocycles. The highest BCUT2D eigenvalue weighted by molar-refractivity contribution is 6.20. The number of para-hydroxylation sites is 1. The summed E-state index contributed by atoms with van der Waals surface area (Å²) >= 11 is 0. The van der Waals surface area contributed by atoms with Gasteiger partial charge in [0.1, 0.15) is 11.1 Å². The van der Waals surface area contributed by atoms with Gasteiger partial charge in [-0.2, -0.15) is 4.57 Å². The van der Waals surface area contributed by atoms with Gasteiger partial charge in [0, 0.05) is 28.4 Å². The SMILES string of the molecule is CCc1ccc(-c2ccc3[nH]c4c5[n+](ccc4c3c2)-c2ccccc2C5=O)cc1.[Cl-]. The number of nitrogens with zero attached hydrogens (tertiary/aromatic N) is 1. The number of aryl methyl sites for hydroxylation is 1. The standard InChI is InChI=1S/C26H18N2O.ClH/c1-2-16-7-9-17(10-8-16)18-11-12-22-21(15-18)19-13-14-28-23-6-4-3-5-20(23)26(29)25(28)24(19)27-22;/h3-15H,2H2,1H3;1H. The third-order valence-electron chi connectivity index (χ3n) is 6.03. The Balaban J connectivity index is 0.00000193. The van der Waals surface area contributed by atoms with Crippen molar-refractivity contribution in [3.8, 4) is 16.8 Å². The number of ketones is 1. The van der Waals surface area contributed by atoms with Crippen LogP contribution >= 0.6 is 0 Å². The molecule has 0 atom stereocenters. The number of fused-ring (bicyclic) bond motifs is 7. The minimum absolute atomic E-state index is 0. The largest absolute Gasteiger partial charge is 1.00 e. The second-order valence-corrected chi connectivity index (χ2v) is 7.61. The molecule has 6 rings (SSSR count). The summed E-state index contributed by atoms with van der Waals surface area (Å²) in [5.41, 5.74) is 8.11. The lowest BCUT2D eigenvalue weighted by atomic mass is 10.0. The Bertz CT molecular complexity index is 1450. The molecular weight excluding hydrogens is 392 g/mol. The van der Waals surface area contributed by atoms with Gasteiger partial charge in [0.15, 0.2) is 6.20 Å². The highest BCUT2D eigenvalue weighted by Crippen LogP contribution is 2.33. The summed E-state index contributed by atoms with van der Waals surface area (Å²) < 4.78 is 2.00. The van der Waals surface area contributed by atoms with E-state index in [4.69, 9.17) is 0 Å². The predicted octanol–water partition coefficient (Wildman–Crippen LogP) is 2.38. The first-order chi connectivity index (χ1) is 14.2. The molecule has 0 radical (unpaired) electrons. The highest BCUT2D eigenvalue weighted by atomic mass is 35.5. The molecule has 0 aliphatic carbocycles. The molecule has 3 nitrogen and oxygen atoms in total. The molecule has 0 fully saturated rings. The van der Waals surface area contributed by atoms with Crippen LogP contribution in [0.15, 0.2) is 79.0 Å². The number of nitrogens with one attached hydrogen (secondary N) is 1. The van der Waals surface area contributed by atoms with Crippen molar-refractivity contribution in [2.24, 2.45) is 0 Å². The Morgan fingerprint density at radius 1 is 0.867 bits per heavy atom. The Labute approximate surface area is 180 Å². The Kier molecular flexibility index (Phi) is 4.23. The topological polar surface area (TPSA) is 36.7 Å². The molecule has 146 valence electrons. The Morgan fingerprint density at radius 2 is 1.63 bits per heavy atom. The zero-order valence-electron chi connectivity index (χ0n) is 16.4. The van der Waals surface area contributed by atoms with Crippen molar-refractivity contribution in [2.75, 3.05) is 0 Å². The van der Waals surface area contributed by atoms with Crippen molar-refractivity contribution < 1.29 is 21.8 Å². The fraction of sp³-hybridized carbons (Fsp3) is 0.0769. The maximum Gasteiger partial charge on any atom is 0.284 e. The normalized spacial score (nSPS) is 12.1. The van der Waals surface area contributed by atoms with Gasteiger partial charge in [-0.1, -0.05) is 49.4 Å². The van der Waals surface area contributed by atoms with Crippen LogP contribution in [0, 0.1) is 0 Å². The summed E-state index contributed by atoms with van der Waals surface area (Å²) in [5.74, 6) is 0.0770. The van der Waals surface area contributed by atoms with Crippen molar-refractivity contribution in [1.82, 2.24) is 4.98 Å². The van der Waals surface area contributed by atoms with Gasteiger partial charge in [-0.3, -0.25) is 4.79 Å².